The number of fused-ring (bicyclic) bond motifs is 1. The number of hydrogen-bond donors (Lipinski definition) is 1. The van der Waals surface area contributed by atoms with Crippen LogP contribution in [0, 0.1) is 0 Å². The first kappa shape index (κ1) is 13.9. The molecule has 21 heavy (non-hydrogen) atoms. The van der Waals surface area contributed by atoms with Gasteiger partial charge in [-0.05, 0) is 23.9 Å². The van der Waals surface area contributed by atoms with E-state index in [1.165, 1.54) is 29.2 Å². The maximum Gasteiger partial charge on any atom is 0.129 e. The highest BCUT2D eigenvalue weighted by molar-refractivity contribution is 6.11. The number of amidine groups is 1. The largest absolute Gasteiger partial charge is 0.493 e. The number of rotatable bonds is 6. The van der Waals surface area contributed by atoms with Crippen molar-refractivity contribution in [1.29, 1.82) is 0 Å². The summed E-state index contributed by atoms with van der Waals surface area (Å²) in [6.07, 6.45) is 3.55. The average molecular weight is 282 g/mol. The molecule has 0 saturated heterocycles. The number of nitrogens with zero attached hydrogens (tertiary/aromatic N) is 1. The smallest absolute Gasteiger partial charge is 0.129 e. The van der Waals surface area contributed by atoms with Gasteiger partial charge in [-0.25, -0.2) is 0 Å². The quantitative estimate of drug-likeness (QED) is 0.818. The second kappa shape index (κ2) is 6.61. The molecule has 1 aliphatic rings. The molecule has 0 saturated carbocycles. The first-order valence-corrected chi connectivity index (χ1v) is 7.83. The standard InChI is InChI=1S/C18H22N2O/c1-2-3-6-13-21-17-10-9-16(18-19-11-12-20-18)14-7-4-5-8-15(14)17/h4-5,7-10H,2-3,6,11-13H2,1H3,(H,19,20). The van der Waals surface area contributed by atoms with Crippen molar-refractivity contribution in [3.8, 4) is 5.75 Å². The minimum atomic E-state index is 0.788. The van der Waals surface area contributed by atoms with E-state index in [1.54, 1.807) is 0 Å². The molecule has 0 radical (unpaired) electrons. The summed E-state index contributed by atoms with van der Waals surface area (Å²) in [5.41, 5.74) is 1.17. The predicted molar refractivity (Wildman–Crippen MR) is 88.4 cm³/mol. The molecule has 2 aromatic carbocycles. The van der Waals surface area contributed by atoms with Crippen molar-refractivity contribution in [1.82, 2.24) is 5.32 Å². The fraction of sp³-hybridized carbons (Fsp3) is 0.389. The predicted octanol–water partition coefficient (Wildman–Crippen LogP) is 3.76. The van der Waals surface area contributed by atoms with Crippen LogP contribution in [0.1, 0.15) is 31.7 Å². The fourth-order valence-electron chi connectivity index (χ4n) is 2.72. The second-order valence-electron chi connectivity index (χ2n) is 5.37. The van der Waals surface area contributed by atoms with Gasteiger partial charge in [0.05, 0.1) is 13.2 Å². The van der Waals surface area contributed by atoms with Gasteiger partial charge in [0.1, 0.15) is 11.6 Å². The van der Waals surface area contributed by atoms with E-state index in [0.717, 1.165) is 37.7 Å². The van der Waals surface area contributed by atoms with Gasteiger partial charge in [0.15, 0.2) is 0 Å². The van der Waals surface area contributed by atoms with E-state index in [1.807, 2.05) is 0 Å². The van der Waals surface area contributed by atoms with Crippen molar-refractivity contribution in [2.45, 2.75) is 26.2 Å². The summed E-state index contributed by atoms with van der Waals surface area (Å²) in [6, 6.07) is 12.6. The molecular weight excluding hydrogens is 260 g/mol. The normalized spacial score (nSPS) is 14.0. The third-order valence-corrected chi connectivity index (χ3v) is 3.82. The SMILES string of the molecule is CCCCCOc1ccc(C2=NCCN2)c2ccccc12. The number of aliphatic imine (C=N–C) groups is 1. The number of ether oxygens (including phenoxy) is 1. The van der Waals surface area contributed by atoms with E-state index >= 15 is 0 Å². The van der Waals surface area contributed by atoms with Crippen molar-refractivity contribution >= 4 is 16.6 Å². The molecule has 0 unspecified atom stereocenters. The molecule has 0 bridgehead atoms. The molecule has 1 N–H and O–H groups in total. The van der Waals surface area contributed by atoms with Gasteiger partial charge in [0.25, 0.3) is 0 Å². The van der Waals surface area contributed by atoms with Crippen LogP contribution in [0.25, 0.3) is 10.8 Å². The van der Waals surface area contributed by atoms with E-state index in [4.69, 9.17) is 4.74 Å². The van der Waals surface area contributed by atoms with Crippen LogP contribution in [0.15, 0.2) is 41.4 Å². The molecule has 110 valence electrons. The van der Waals surface area contributed by atoms with Crippen LogP contribution in [0.3, 0.4) is 0 Å². The van der Waals surface area contributed by atoms with Crippen LogP contribution in [0.5, 0.6) is 5.75 Å². The van der Waals surface area contributed by atoms with Gasteiger partial charge in [0, 0.05) is 17.5 Å². The Hall–Kier alpha value is -2.03. The lowest BCUT2D eigenvalue weighted by molar-refractivity contribution is 0.310. The third kappa shape index (κ3) is 3.02. The van der Waals surface area contributed by atoms with E-state index in [2.05, 4.69) is 53.6 Å². The zero-order valence-corrected chi connectivity index (χ0v) is 12.6. The zero-order valence-electron chi connectivity index (χ0n) is 12.6. The number of unbranched alkanes of at least 4 members (excludes halogenated alkanes) is 2. The Labute approximate surface area is 126 Å². The van der Waals surface area contributed by atoms with Gasteiger partial charge >= 0.3 is 0 Å². The Morgan fingerprint density at radius 2 is 1.95 bits per heavy atom. The topological polar surface area (TPSA) is 33.6 Å². The fourth-order valence-corrected chi connectivity index (χ4v) is 2.72. The highest BCUT2D eigenvalue weighted by atomic mass is 16.5. The summed E-state index contributed by atoms with van der Waals surface area (Å²) < 4.78 is 5.98. The molecule has 0 spiro atoms. The molecule has 1 heterocycles. The van der Waals surface area contributed by atoms with Crippen molar-refractivity contribution in [2.24, 2.45) is 4.99 Å². The lowest BCUT2D eigenvalue weighted by Crippen LogP contribution is -2.19. The van der Waals surface area contributed by atoms with Crippen molar-refractivity contribution in [3.05, 3.63) is 42.0 Å². The summed E-state index contributed by atoms with van der Waals surface area (Å²) in [5.74, 6) is 1.98. The third-order valence-electron chi connectivity index (χ3n) is 3.82. The van der Waals surface area contributed by atoms with Crippen LogP contribution in [-0.2, 0) is 0 Å². The number of nitrogens with one attached hydrogen (secondary N) is 1. The Kier molecular flexibility index (Phi) is 4.39. The van der Waals surface area contributed by atoms with E-state index < -0.39 is 0 Å². The minimum absolute atomic E-state index is 0.788. The molecule has 3 nitrogen and oxygen atoms in total. The second-order valence-corrected chi connectivity index (χ2v) is 5.37. The molecule has 3 heteroatoms. The summed E-state index contributed by atoms with van der Waals surface area (Å²) in [6.45, 7) is 4.79. The van der Waals surface area contributed by atoms with Crippen LogP contribution in [0.4, 0.5) is 0 Å². The van der Waals surface area contributed by atoms with Crippen LogP contribution in [0.2, 0.25) is 0 Å². The first-order valence-electron chi connectivity index (χ1n) is 7.83. The van der Waals surface area contributed by atoms with Gasteiger partial charge in [0.2, 0.25) is 0 Å². The van der Waals surface area contributed by atoms with Gasteiger partial charge < -0.3 is 10.1 Å². The minimum Gasteiger partial charge on any atom is -0.493 e. The van der Waals surface area contributed by atoms with Crippen molar-refractivity contribution in [3.63, 3.8) is 0 Å². The molecular formula is C18H22N2O. The molecule has 0 fully saturated rings. The van der Waals surface area contributed by atoms with Gasteiger partial charge in [-0.15, -0.1) is 0 Å². The Bertz CT molecular complexity index is 649. The van der Waals surface area contributed by atoms with Gasteiger partial charge in [-0.1, -0.05) is 44.0 Å². The molecule has 2 aromatic rings. The monoisotopic (exact) mass is 282 g/mol. The zero-order chi connectivity index (χ0) is 14.5. The molecule has 0 atom stereocenters. The molecule has 0 amide bonds. The maximum atomic E-state index is 5.98. The van der Waals surface area contributed by atoms with E-state index in [9.17, 15) is 0 Å². The first-order chi connectivity index (χ1) is 10.4. The highest BCUT2D eigenvalue weighted by Crippen LogP contribution is 2.29. The molecule has 0 aliphatic carbocycles. The van der Waals surface area contributed by atoms with Crippen molar-refractivity contribution in [2.75, 3.05) is 19.7 Å². The van der Waals surface area contributed by atoms with Gasteiger partial charge in [-0.2, -0.15) is 0 Å². The van der Waals surface area contributed by atoms with E-state index in [-0.39, 0.29) is 0 Å². The van der Waals surface area contributed by atoms with Crippen molar-refractivity contribution < 1.29 is 4.74 Å². The molecule has 3 rings (SSSR count). The Balaban J connectivity index is 1.91. The highest BCUT2D eigenvalue weighted by Gasteiger charge is 2.13. The van der Waals surface area contributed by atoms with Gasteiger partial charge in [-0.3, -0.25) is 4.99 Å². The Morgan fingerprint density at radius 3 is 2.71 bits per heavy atom. The number of hydrogen-bond acceptors (Lipinski definition) is 3. The van der Waals surface area contributed by atoms with Crippen LogP contribution >= 0.6 is 0 Å². The lowest BCUT2D eigenvalue weighted by atomic mass is 10.0. The summed E-state index contributed by atoms with van der Waals surface area (Å²) in [4.78, 5) is 4.54. The van der Waals surface area contributed by atoms with E-state index in [0.29, 0.717) is 0 Å². The molecule has 0 aromatic heterocycles. The van der Waals surface area contributed by atoms with Crippen LogP contribution in [-0.4, -0.2) is 25.5 Å². The van der Waals surface area contributed by atoms with Crippen LogP contribution < -0.4 is 10.1 Å². The molecule has 1 aliphatic heterocycles. The number of benzene rings is 2. The summed E-state index contributed by atoms with van der Waals surface area (Å²) in [7, 11) is 0. The Morgan fingerprint density at radius 1 is 1.10 bits per heavy atom. The average Bonchev–Trinajstić information content (AvgIpc) is 3.05. The summed E-state index contributed by atoms with van der Waals surface area (Å²) >= 11 is 0. The summed E-state index contributed by atoms with van der Waals surface area (Å²) in [5, 5.41) is 5.73. The lowest BCUT2D eigenvalue weighted by Gasteiger charge is -2.13. The maximum absolute atomic E-state index is 5.98.